The zero-order chi connectivity index (χ0) is 20.1. The van der Waals surface area contributed by atoms with Crippen LogP contribution in [0.25, 0.3) is 5.70 Å². The summed E-state index contributed by atoms with van der Waals surface area (Å²) in [6.45, 7) is 7.10. The van der Waals surface area contributed by atoms with Crippen molar-refractivity contribution in [2.24, 2.45) is 11.5 Å². The van der Waals surface area contributed by atoms with Crippen LogP contribution in [0.4, 0.5) is 9.93 Å². The number of primary amides is 1. The van der Waals surface area contributed by atoms with Crippen LogP contribution in [0.1, 0.15) is 23.4 Å². The molecule has 8 nitrogen and oxygen atoms in total. The van der Waals surface area contributed by atoms with Gasteiger partial charge >= 0.3 is 6.03 Å². The Morgan fingerprint density at radius 1 is 1.48 bits per heavy atom. The zero-order valence-electron chi connectivity index (χ0n) is 15.8. The number of likely N-dealkylation sites (tertiary alicyclic amines) is 1. The van der Waals surface area contributed by atoms with E-state index >= 15 is 0 Å². The second kappa shape index (κ2) is 9.25. The molecule has 1 saturated heterocycles. The molecule has 1 aliphatic rings. The number of thioether (sulfide) groups is 1. The molecule has 1 aromatic heterocycles. The highest BCUT2D eigenvalue weighted by molar-refractivity contribution is 8.06. The summed E-state index contributed by atoms with van der Waals surface area (Å²) in [5.41, 5.74) is 12.8. The minimum Gasteiger partial charge on any atom is -0.397 e. The van der Waals surface area contributed by atoms with Gasteiger partial charge in [-0.15, -0.1) is 0 Å². The average molecular weight is 411 g/mol. The first kappa shape index (κ1) is 21.3. The maximum atomic E-state index is 12.4. The number of carbonyl (C=O) groups is 2. The standard InChI is InChI=1S/C17H26N6O2S2/c1-10(8-22(3)4)26-9-12(18)14-11(2)20-16(27-14)21-17(25)23-7-5-6-13(23)15(19)24/h9,13H,1,5-8,18H2,2-4H3,(H2,19,24)(H,20,21,25)/b12-9-. The topological polar surface area (TPSA) is 118 Å². The summed E-state index contributed by atoms with van der Waals surface area (Å²) in [7, 11) is 3.95. The number of aromatic nitrogens is 1. The monoisotopic (exact) mass is 410 g/mol. The number of hydrogen-bond acceptors (Lipinski definition) is 7. The lowest BCUT2D eigenvalue weighted by Gasteiger charge is -2.21. The van der Waals surface area contributed by atoms with Crippen LogP contribution in [0, 0.1) is 6.92 Å². The lowest BCUT2D eigenvalue weighted by atomic mass is 10.2. The number of aryl methyl sites for hydroxylation is 1. The third kappa shape index (κ3) is 5.72. The van der Waals surface area contributed by atoms with Crippen molar-refractivity contribution in [2.75, 3.05) is 32.5 Å². The minimum absolute atomic E-state index is 0.368. The number of carbonyl (C=O) groups excluding carboxylic acids is 2. The van der Waals surface area contributed by atoms with Gasteiger partial charge in [0.25, 0.3) is 0 Å². The highest BCUT2D eigenvalue weighted by Crippen LogP contribution is 2.30. The van der Waals surface area contributed by atoms with Crippen LogP contribution < -0.4 is 16.8 Å². The van der Waals surface area contributed by atoms with Gasteiger partial charge in [-0.05, 0) is 38.8 Å². The van der Waals surface area contributed by atoms with Gasteiger partial charge in [-0.25, -0.2) is 9.78 Å². The van der Waals surface area contributed by atoms with Gasteiger partial charge in [0.1, 0.15) is 6.04 Å². The fraction of sp³-hybridized carbons (Fsp3) is 0.471. The van der Waals surface area contributed by atoms with Crippen molar-refractivity contribution in [1.82, 2.24) is 14.8 Å². The Morgan fingerprint density at radius 3 is 2.81 bits per heavy atom. The number of nitrogens with zero attached hydrogens (tertiary/aromatic N) is 3. The number of nitrogens with two attached hydrogens (primary N) is 2. The van der Waals surface area contributed by atoms with Gasteiger partial charge in [-0.1, -0.05) is 29.7 Å². The Labute approximate surface area is 167 Å². The van der Waals surface area contributed by atoms with Gasteiger partial charge < -0.3 is 21.3 Å². The van der Waals surface area contributed by atoms with E-state index in [4.69, 9.17) is 11.5 Å². The second-order valence-electron chi connectivity index (χ2n) is 6.58. The molecule has 0 radical (unpaired) electrons. The second-order valence-corrected chi connectivity index (χ2v) is 8.63. The van der Waals surface area contributed by atoms with Crippen LogP contribution in [0.3, 0.4) is 0 Å². The molecule has 5 N–H and O–H groups in total. The number of rotatable bonds is 7. The number of amides is 3. The Morgan fingerprint density at radius 2 is 2.19 bits per heavy atom. The van der Waals surface area contributed by atoms with Crippen LogP contribution in [-0.4, -0.2) is 59.9 Å². The van der Waals surface area contributed by atoms with E-state index < -0.39 is 11.9 Å². The third-order valence-corrected chi connectivity index (χ3v) is 5.92. The van der Waals surface area contributed by atoms with Crippen LogP contribution in [0.2, 0.25) is 0 Å². The number of urea groups is 1. The smallest absolute Gasteiger partial charge is 0.324 e. The fourth-order valence-electron chi connectivity index (χ4n) is 2.78. The minimum atomic E-state index is -0.561. The summed E-state index contributed by atoms with van der Waals surface area (Å²) in [6.07, 6.45) is 1.35. The van der Waals surface area contributed by atoms with Crippen LogP contribution >= 0.6 is 23.1 Å². The Kier molecular flexibility index (Phi) is 7.28. The zero-order valence-corrected chi connectivity index (χ0v) is 17.5. The molecular formula is C17H26N6O2S2. The van der Waals surface area contributed by atoms with Crippen molar-refractivity contribution in [3.8, 4) is 0 Å². The van der Waals surface area contributed by atoms with Crippen LogP contribution in [-0.2, 0) is 4.79 Å². The van der Waals surface area contributed by atoms with E-state index in [9.17, 15) is 9.59 Å². The molecule has 0 saturated carbocycles. The van der Waals surface area contributed by atoms with Gasteiger partial charge in [0.05, 0.1) is 16.3 Å². The molecule has 0 bridgehead atoms. The Balaban J connectivity index is 2.04. The molecular weight excluding hydrogens is 384 g/mol. The van der Waals surface area contributed by atoms with E-state index in [-0.39, 0.29) is 6.03 Å². The third-order valence-electron chi connectivity index (χ3n) is 3.96. The fourth-order valence-corrected chi connectivity index (χ4v) is 4.48. The molecule has 1 unspecified atom stereocenters. The highest BCUT2D eigenvalue weighted by atomic mass is 32.2. The molecule has 0 spiro atoms. The number of thiazole rings is 1. The number of nitrogens with one attached hydrogen (secondary N) is 1. The van der Waals surface area contributed by atoms with E-state index in [1.165, 1.54) is 28.0 Å². The Bertz CT molecular complexity index is 759. The lowest BCUT2D eigenvalue weighted by Crippen LogP contribution is -2.45. The number of hydrogen-bond donors (Lipinski definition) is 3. The first-order valence-electron chi connectivity index (χ1n) is 8.48. The summed E-state index contributed by atoms with van der Waals surface area (Å²) in [5, 5.41) is 5.02. The van der Waals surface area contributed by atoms with Crippen molar-refractivity contribution in [3.63, 3.8) is 0 Å². The van der Waals surface area contributed by atoms with E-state index in [1.807, 2.05) is 31.3 Å². The molecule has 2 heterocycles. The molecule has 2 rings (SSSR count). The van der Waals surface area contributed by atoms with E-state index in [0.717, 1.165) is 28.4 Å². The van der Waals surface area contributed by atoms with Crippen molar-refractivity contribution in [3.05, 3.63) is 27.5 Å². The molecule has 3 amide bonds. The van der Waals surface area contributed by atoms with Gasteiger partial charge in [-0.2, -0.15) is 0 Å². The molecule has 0 aromatic carbocycles. The van der Waals surface area contributed by atoms with Crippen molar-refractivity contribution in [2.45, 2.75) is 25.8 Å². The maximum absolute atomic E-state index is 12.4. The lowest BCUT2D eigenvalue weighted by molar-refractivity contribution is -0.121. The highest BCUT2D eigenvalue weighted by Gasteiger charge is 2.33. The van der Waals surface area contributed by atoms with Crippen molar-refractivity contribution < 1.29 is 9.59 Å². The first-order valence-corrected chi connectivity index (χ1v) is 10.2. The largest absolute Gasteiger partial charge is 0.397 e. The van der Waals surface area contributed by atoms with Gasteiger partial charge in [0.15, 0.2) is 5.13 Å². The van der Waals surface area contributed by atoms with Gasteiger partial charge in [-0.3, -0.25) is 10.1 Å². The Hall–Kier alpha value is -2.04. The molecule has 0 aliphatic carbocycles. The molecule has 1 fully saturated rings. The molecule has 148 valence electrons. The molecule has 1 aromatic rings. The van der Waals surface area contributed by atoms with E-state index in [1.54, 1.807) is 0 Å². The van der Waals surface area contributed by atoms with Gasteiger partial charge in [0, 0.05) is 18.5 Å². The number of anilines is 1. The number of likely N-dealkylation sites (N-methyl/N-ethyl adjacent to an activating group) is 1. The summed E-state index contributed by atoms with van der Waals surface area (Å²) in [4.78, 5) is 33.5. The SMILES string of the molecule is C=C(CN(C)C)S/C=C(\N)c1sc(NC(=O)N2CCCC2C(N)=O)nc1C. The predicted molar refractivity (Wildman–Crippen MR) is 112 cm³/mol. The molecule has 10 heteroatoms. The average Bonchev–Trinajstić information content (AvgIpc) is 3.18. The van der Waals surface area contributed by atoms with Gasteiger partial charge in [0.2, 0.25) is 5.91 Å². The maximum Gasteiger partial charge on any atom is 0.324 e. The summed E-state index contributed by atoms with van der Waals surface area (Å²) in [6, 6.07) is -0.928. The van der Waals surface area contributed by atoms with Crippen molar-refractivity contribution in [1.29, 1.82) is 0 Å². The summed E-state index contributed by atoms with van der Waals surface area (Å²) in [5.74, 6) is -0.485. The van der Waals surface area contributed by atoms with Crippen LogP contribution in [0.15, 0.2) is 16.9 Å². The molecule has 27 heavy (non-hydrogen) atoms. The quantitative estimate of drug-likeness (QED) is 0.633. The van der Waals surface area contributed by atoms with E-state index in [2.05, 4.69) is 16.9 Å². The van der Waals surface area contributed by atoms with E-state index in [0.29, 0.717) is 23.8 Å². The first-order chi connectivity index (χ1) is 12.7. The molecule has 1 aliphatic heterocycles. The molecule has 1 atom stereocenters. The van der Waals surface area contributed by atoms with Crippen LogP contribution in [0.5, 0.6) is 0 Å². The van der Waals surface area contributed by atoms with Crippen molar-refractivity contribution >= 4 is 45.9 Å². The normalized spacial score (nSPS) is 17.4. The predicted octanol–water partition coefficient (Wildman–Crippen LogP) is 2.00. The summed E-state index contributed by atoms with van der Waals surface area (Å²) >= 11 is 2.77. The summed E-state index contributed by atoms with van der Waals surface area (Å²) < 4.78 is 0.